The van der Waals surface area contributed by atoms with E-state index in [4.69, 9.17) is 4.74 Å². The molecular formula is C23H21BrN2O3S3. The van der Waals surface area contributed by atoms with E-state index in [-0.39, 0.29) is 11.7 Å². The fourth-order valence-corrected chi connectivity index (χ4v) is 6.38. The number of benzene rings is 1. The summed E-state index contributed by atoms with van der Waals surface area (Å²) in [6.07, 6.45) is 3.61. The average Bonchev–Trinajstić information content (AvgIpc) is 3.29. The highest BCUT2D eigenvalue weighted by atomic mass is 79.9. The van der Waals surface area contributed by atoms with E-state index in [2.05, 4.69) is 20.9 Å². The maximum absolute atomic E-state index is 13.5. The number of carbonyl (C=O) groups excluding carboxylic acids is 1. The van der Waals surface area contributed by atoms with Gasteiger partial charge < -0.3 is 4.74 Å². The second-order valence-corrected chi connectivity index (χ2v) is 11.8. The minimum Gasteiger partial charge on any atom is -0.459 e. The van der Waals surface area contributed by atoms with E-state index in [1.807, 2.05) is 62.6 Å². The van der Waals surface area contributed by atoms with Crippen molar-refractivity contribution in [3.8, 4) is 0 Å². The van der Waals surface area contributed by atoms with Gasteiger partial charge in [0.25, 0.3) is 5.56 Å². The smallest absolute Gasteiger partial charge is 0.338 e. The van der Waals surface area contributed by atoms with Gasteiger partial charge in [0.05, 0.1) is 31.7 Å². The number of thioether (sulfide) groups is 1. The lowest BCUT2D eigenvalue weighted by atomic mass is 9.96. The van der Waals surface area contributed by atoms with Gasteiger partial charge >= 0.3 is 5.97 Å². The summed E-state index contributed by atoms with van der Waals surface area (Å²) >= 11 is 7.99. The van der Waals surface area contributed by atoms with Crippen molar-refractivity contribution < 1.29 is 9.53 Å². The van der Waals surface area contributed by atoms with Gasteiger partial charge in [-0.15, -0.1) is 23.1 Å². The predicted molar refractivity (Wildman–Crippen MR) is 135 cm³/mol. The van der Waals surface area contributed by atoms with Crippen LogP contribution in [0.25, 0.3) is 6.08 Å². The van der Waals surface area contributed by atoms with Crippen molar-refractivity contribution in [2.45, 2.75) is 37.8 Å². The number of esters is 1. The van der Waals surface area contributed by atoms with Crippen LogP contribution < -0.4 is 14.9 Å². The van der Waals surface area contributed by atoms with Crippen molar-refractivity contribution in [2.24, 2.45) is 4.99 Å². The monoisotopic (exact) mass is 548 g/mol. The average molecular weight is 550 g/mol. The molecule has 0 unspecified atom stereocenters. The lowest BCUT2D eigenvalue weighted by Gasteiger charge is -2.25. The van der Waals surface area contributed by atoms with E-state index in [0.29, 0.717) is 20.6 Å². The van der Waals surface area contributed by atoms with Gasteiger partial charge in [0.2, 0.25) is 0 Å². The summed E-state index contributed by atoms with van der Waals surface area (Å²) < 4.78 is 8.73. The molecule has 1 aromatic carbocycles. The van der Waals surface area contributed by atoms with E-state index in [9.17, 15) is 9.59 Å². The number of hydrogen-bond donors (Lipinski definition) is 0. The number of aromatic nitrogens is 1. The highest BCUT2D eigenvalue weighted by Crippen LogP contribution is 2.32. The van der Waals surface area contributed by atoms with E-state index >= 15 is 0 Å². The normalized spacial score (nSPS) is 16.3. The quantitative estimate of drug-likeness (QED) is 0.341. The Kier molecular flexibility index (Phi) is 6.90. The first-order chi connectivity index (χ1) is 15.3. The van der Waals surface area contributed by atoms with Crippen LogP contribution in [0.15, 0.2) is 66.1 Å². The molecule has 3 aromatic rings. The molecule has 0 N–H and O–H groups in total. The summed E-state index contributed by atoms with van der Waals surface area (Å²) in [6.45, 7) is 5.42. The molecule has 9 heteroatoms. The van der Waals surface area contributed by atoms with E-state index in [1.165, 1.54) is 11.3 Å². The molecule has 0 spiro atoms. The van der Waals surface area contributed by atoms with Crippen molar-refractivity contribution >= 4 is 62.4 Å². The number of nitrogens with zero attached hydrogens (tertiary/aromatic N) is 2. The van der Waals surface area contributed by atoms with Crippen LogP contribution in [0.2, 0.25) is 0 Å². The molecule has 0 radical (unpaired) electrons. The molecule has 1 atom stereocenters. The standard InChI is InChI=1S/C23H21BrN2O3S3/c1-12(2)29-22(28)19-13(3)25-23-26(20(19)14-5-7-15(30-4)8-6-14)21(27)17(32-23)11-16-9-10-18(24)31-16/h5-12,20H,1-4H3/b17-11+/t20-/m0/s1. The number of fused-ring (bicyclic) bond motifs is 1. The van der Waals surface area contributed by atoms with Crippen LogP contribution in [0.4, 0.5) is 0 Å². The van der Waals surface area contributed by atoms with E-state index in [0.717, 1.165) is 19.1 Å². The Morgan fingerprint density at radius 2 is 1.94 bits per heavy atom. The van der Waals surface area contributed by atoms with Crippen LogP contribution in [0.1, 0.15) is 37.3 Å². The zero-order valence-corrected chi connectivity index (χ0v) is 22.0. The van der Waals surface area contributed by atoms with Gasteiger partial charge in [-0.3, -0.25) is 9.36 Å². The van der Waals surface area contributed by atoms with Crippen LogP contribution >= 0.6 is 50.4 Å². The molecule has 0 amide bonds. The third kappa shape index (κ3) is 4.57. The number of rotatable bonds is 5. The van der Waals surface area contributed by atoms with Crippen molar-refractivity contribution in [2.75, 3.05) is 6.26 Å². The number of thiophene rings is 1. The molecule has 4 rings (SSSR count). The number of halogens is 1. The lowest BCUT2D eigenvalue weighted by Crippen LogP contribution is -2.40. The first kappa shape index (κ1) is 23.2. The Morgan fingerprint density at radius 1 is 1.22 bits per heavy atom. The topological polar surface area (TPSA) is 60.7 Å². The van der Waals surface area contributed by atoms with Gasteiger partial charge in [0, 0.05) is 9.77 Å². The van der Waals surface area contributed by atoms with Gasteiger partial charge in [-0.05, 0) is 78.9 Å². The molecule has 0 bridgehead atoms. The molecule has 32 heavy (non-hydrogen) atoms. The molecule has 0 saturated heterocycles. The minimum atomic E-state index is -0.592. The zero-order valence-electron chi connectivity index (χ0n) is 17.9. The minimum absolute atomic E-state index is 0.167. The Bertz CT molecular complexity index is 1380. The number of carbonyl (C=O) groups is 1. The van der Waals surface area contributed by atoms with Crippen LogP contribution in [0, 0.1) is 0 Å². The second kappa shape index (κ2) is 9.51. The molecule has 0 fully saturated rings. The number of ether oxygens (including phenoxy) is 1. The molecule has 1 aliphatic rings. The summed E-state index contributed by atoms with van der Waals surface area (Å²) in [4.78, 5) is 33.9. The lowest BCUT2D eigenvalue weighted by molar-refractivity contribution is -0.143. The molecule has 2 aromatic heterocycles. The molecular weight excluding hydrogens is 528 g/mol. The van der Waals surface area contributed by atoms with E-state index in [1.54, 1.807) is 34.6 Å². The maximum Gasteiger partial charge on any atom is 0.338 e. The summed E-state index contributed by atoms with van der Waals surface area (Å²) in [5.41, 5.74) is 1.65. The SMILES string of the molecule is CSc1ccc([C@H]2C(C(=O)OC(C)C)=C(C)N=c3s/c(=C/c4ccc(Br)s4)c(=O)n32)cc1. The highest BCUT2D eigenvalue weighted by Gasteiger charge is 2.33. The molecule has 3 heterocycles. The fraction of sp³-hybridized carbons (Fsp3) is 0.261. The van der Waals surface area contributed by atoms with Gasteiger partial charge in [-0.2, -0.15) is 0 Å². The van der Waals surface area contributed by atoms with Crippen LogP contribution in [-0.4, -0.2) is 22.9 Å². The Balaban J connectivity index is 1.93. The molecule has 0 aliphatic carbocycles. The molecule has 0 saturated carbocycles. The largest absolute Gasteiger partial charge is 0.459 e. The summed E-state index contributed by atoms with van der Waals surface area (Å²) in [6, 6.07) is 11.2. The molecule has 5 nitrogen and oxygen atoms in total. The summed E-state index contributed by atoms with van der Waals surface area (Å²) in [5.74, 6) is -0.448. The highest BCUT2D eigenvalue weighted by molar-refractivity contribution is 9.11. The van der Waals surface area contributed by atoms with Crippen molar-refractivity contribution in [1.82, 2.24) is 4.57 Å². The van der Waals surface area contributed by atoms with Crippen LogP contribution in [-0.2, 0) is 9.53 Å². The number of hydrogen-bond acceptors (Lipinski definition) is 7. The Labute approximate surface area is 206 Å². The number of allylic oxidation sites excluding steroid dienone is 1. The van der Waals surface area contributed by atoms with Gasteiger partial charge in [0.1, 0.15) is 0 Å². The first-order valence-corrected chi connectivity index (χ1v) is 13.6. The summed E-state index contributed by atoms with van der Waals surface area (Å²) in [7, 11) is 0. The van der Waals surface area contributed by atoms with E-state index < -0.39 is 12.0 Å². The Morgan fingerprint density at radius 3 is 2.53 bits per heavy atom. The first-order valence-electron chi connectivity index (χ1n) is 9.91. The third-order valence-electron chi connectivity index (χ3n) is 4.88. The maximum atomic E-state index is 13.5. The predicted octanol–water partition coefficient (Wildman–Crippen LogP) is 4.73. The molecule has 166 valence electrons. The second-order valence-electron chi connectivity index (χ2n) is 7.45. The summed E-state index contributed by atoms with van der Waals surface area (Å²) in [5, 5.41) is 0. The van der Waals surface area contributed by atoms with Crippen LogP contribution in [0.3, 0.4) is 0 Å². The van der Waals surface area contributed by atoms with Gasteiger partial charge in [0.15, 0.2) is 4.80 Å². The van der Waals surface area contributed by atoms with Gasteiger partial charge in [-0.25, -0.2) is 9.79 Å². The van der Waals surface area contributed by atoms with Gasteiger partial charge in [-0.1, -0.05) is 23.5 Å². The van der Waals surface area contributed by atoms with Crippen molar-refractivity contribution in [3.05, 3.63) is 81.6 Å². The molecule has 1 aliphatic heterocycles. The third-order valence-corrected chi connectivity index (χ3v) is 8.18. The number of thiazole rings is 1. The Hall–Kier alpha value is -1.94. The fourth-order valence-electron chi connectivity index (χ4n) is 3.50. The van der Waals surface area contributed by atoms with Crippen molar-refractivity contribution in [3.63, 3.8) is 0 Å². The van der Waals surface area contributed by atoms with Crippen LogP contribution in [0.5, 0.6) is 0 Å². The van der Waals surface area contributed by atoms with Crippen molar-refractivity contribution in [1.29, 1.82) is 0 Å². The zero-order chi connectivity index (χ0) is 23.0.